The minimum Gasteiger partial charge on any atom is -0.317 e. The molecule has 0 bridgehead atoms. The van der Waals surface area contributed by atoms with Crippen LogP contribution < -0.4 is 5.32 Å². The van der Waals surface area contributed by atoms with Gasteiger partial charge in [-0.25, -0.2) is 0 Å². The summed E-state index contributed by atoms with van der Waals surface area (Å²) in [6.07, 6.45) is 7.13. The molecule has 1 fully saturated rings. The zero-order valence-electron chi connectivity index (χ0n) is 10.3. The van der Waals surface area contributed by atoms with Gasteiger partial charge in [-0.1, -0.05) is 40.0 Å². The predicted molar refractivity (Wildman–Crippen MR) is 63.4 cm³/mol. The first kappa shape index (κ1) is 12.0. The molecular formula is C13H27N. The fourth-order valence-corrected chi connectivity index (χ4v) is 2.82. The van der Waals surface area contributed by atoms with Gasteiger partial charge in [-0.15, -0.1) is 0 Å². The van der Waals surface area contributed by atoms with Crippen molar-refractivity contribution in [2.45, 2.75) is 58.9 Å². The molecule has 84 valence electrons. The van der Waals surface area contributed by atoms with Crippen LogP contribution in [-0.2, 0) is 0 Å². The maximum atomic E-state index is 3.53. The summed E-state index contributed by atoms with van der Waals surface area (Å²) in [4.78, 5) is 0. The van der Waals surface area contributed by atoms with E-state index in [9.17, 15) is 0 Å². The van der Waals surface area contributed by atoms with E-state index in [4.69, 9.17) is 0 Å². The van der Waals surface area contributed by atoms with Crippen LogP contribution in [0.3, 0.4) is 0 Å². The van der Waals surface area contributed by atoms with Gasteiger partial charge in [0.05, 0.1) is 0 Å². The Morgan fingerprint density at radius 3 is 2.21 bits per heavy atom. The summed E-state index contributed by atoms with van der Waals surface area (Å²) in [5.74, 6) is 2.60. The highest BCUT2D eigenvalue weighted by molar-refractivity contribution is 4.82. The van der Waals surface area contributed by atoms with Crippen molar-refractivity contribution in [3.63, 3.8) is 0 Å². The molecule has 1 aliphatic carbocycles. The fourth-order valence-electron chi connectivity index (χ4n) is 2.82. The van der Waals surface area contributed by atoms with Crippen LogP contribution in [0.2, 0.25) is 0 Å². The first-order valence-electron chi connectivity index (χ1n) is 6.34. The number of nitrogens with one attached hydrogen (secondary N) is 1. The van der Waals surface area contributed by atoms with Crippen molar-refractivity contribution in [1.29, 1.82) is 0 Å². The maximum Gasteiger partial charge on any atom is 0.00949 e. The van der Waals surface area contributed by atoms with Gasteiger partial charge >= 0.3 is 0 Å². The highest BCUT2D eigenvalue weighted by Gasteiger charge is 2.28. The van der Waals surface area contributed by atoms with E-state index < -0.39 is 0 Å². The quantitative estimate of drug-likeness (QED) is 0.683. The second-order valence-corrected chi connectivity index (χ2v) is 5.30. The van der Waals surface area contributed by atoms with Crippen molar-refractivity contribution in [1.82, 2.24) is 5.32 Å². The third-order valence-corrected chi connectivity index (χ3v) is 4.17. The van der Waals surface area contributed by atoms with E-state index in [0.29, 0.717) is 0 Å². The Morgan fingerprint density at radius 2 is 1.64 bits per heavy atom. The van der Waals surface area contributed by atoms with E-state index in [0.717, 1.165) is 23.8 Å². The van der Waals surface area contributed by atoms with Crippen LogP contribution in [0.4, 0.5) is 0 Å². The Kier molecular flexibility index (Phi) is 4.94. The molecule has 14 heavy (non-hydrogen) atoms. The molecule has 0 aromatic carbocycles. The van der Waals surface area contributed by atoms with Gasteiger partial charge < -0.3 is 5.32 Å². The molecule has 1 N–H and O–H groups in total. The van der Waals surface area contributed by atoms with E-state index in [2.05, 4.69) is 33.1 Å². The predicted octanol–water partition coefficient (Wildman–Crippen LogP) is 3.45. The van der Waals surface area contributed by atoms with Gasteiger partial charge in [0, 0.05) is 6.04 Å². The van der Waals surface area contributed by atoms with E-state index >= 15 is 0 Å². The second-order valence-electron chi connectivity index (χ2n) is 5.30. The molecule has 1 nitrogen and oxygen atoms in total. The molecule has 1 aliphatic rings. The zero-order valence-corrected chi connectivity index (χ0v) is 10.3. The van der Waals surface area contributed by atoms with Crippen molar-refractivity contribution < 1.29 is 0 Å². The van der Waals surface area contributed by atoms with Crippen LogP contribution in [0.1, 0.15) is 52.9 Å². The summed E-state index contributed by atoms with van der Waals surface area (Å²) >= 11 is 0. The minimum absolute atomic E-state index is 0.773. The lowest BCUT2D eigenvalue weighted by Gasteiger charge is -2.32. The molecule has 0 aliphatic heterocycles. The number of rotatable bonds is 3. The molecule has 0 saturated heterocycles. The van der Waals surface area contributed by atoms with Crippen LogP contribution >= 0.6 is 0 Å². The molecule has 1 rings (SSSR count). The third-order valence-electron chi connectivity index (χ3n) is 4.17. The summed E-state index contributed by atoms with van der Waals surface area (Å²) in [5.41, 5.74) is 0. The molecule has 0 aromatic rings. The molecule has 0 spiro atoms. The summed E-state index contributed by atoms with van der Waals surface area (Å²) in [6.45, 7) is 7.16. The minimum atomic E-state index is 0.773. The molecule has 0 radical (unpaired) electrons. The van der Waals surface area contributed by atoms with Gasteiger partial charge in [-0.05, 0) is 37.6 Å². The highest BCUT2D eigenvalue weighted by Crippen LogP contribution is 2.32. The van der Waals surface area contributed by atoms with Gasteiger partial charge in [-0.2, -0.15) is 0 Å². The first-order valence-corrected chi connectivity index (χ1v) is 6.34. The lowest BCUT2D eigenvalue weighted by atomic mass is 9.78. The Bertz CT molecular complexity index is 153. The van der Waals surface area contributed by atoms with Crippen LogP contribution in [0, 0.1) is 17.8 Å². The summed E-state index contributed by atoms with van der Waals surface area (Å²) < 4.78 is 0. The molecule has 3 unspecified atom stereocenters. The van der Waals surface area contributed by atoms with Gasteiger partial charge in [0.25, 0.3) is 0 Å². The van der Waals surface area contributed by atoms with Gasteiger partial charge in [0.15, 0.2) is 0 Å². The Balaban J connectivity index is 2.60. The van der Waals surface area contributed by atoms with E-state index in [1.54, 1.807) is 0 Å². The topological polar surface area (TPSA) is 12.0 Å². The van der Waals surface area contributed by atoms with Crippen LogP contribution in [0.15, 0.2) is 0 Å². The van der Waals surface area contributed by atoms with Crippen molar-refractivity contribution in [3.05, 3.63) is 0 Å². The van der Waals surface area contributed by atoms with E-state index in [1.165, 1.54) is 32.1 Å². The molecule has 1 heteroatoms. The average molecular weight is 197 g/mol. The van der Waals surface area contributed by atoms with Gasteiger partial charge in [0.2, 0.25) is 0 Å². The summed E-state index contributed by atoms with van der Waals surface area (Å²) in [6, 6.07) is 0.773. The van der Waals surface area contributed by atoms with Crippen LogP contribution in [0.5, 0.6) is 0 Å². The Hall–Kier alpha value is -0.0400. The molecular weight excluding hydrogens is 170 g/mol. The standard InChI is InChI=1S/C13H27N/c1-10(2)11(3)12-8-6-5-7-9-13(12)14-4/h10-14H,5-9H2,1-4H3. The second kappa shape index (κ2) is 5.75. The largest absolute Gasteiger partial charge is 0.317 e. The monoisotopic (exact) mass is 197 g/mol. The number of hydrogen-bond acceptors (Lipinski definition) is 1. The molecule has 0 amide bonds. The fraction of sp³-hybridized carbons (Fsp3) is 1.00. The van der Waals surface area contributed by atoms with Crippen molar-refractivity contribution in [3.8, 4) is 0 Å². The third kappa shape index (κ3) is 2.98. The molecule has 1 saturated carbocycles. The van der Waals surface area contributed by atoms with Gasteiger partial charge in [-0.3, -0.25) is 0 Å². The SMILES string of the molecule is CNC1CCCCCC1C(C)C(C)C. The Labute approximate surface area is 89.7 Å². The average Bonchev–Trinajstić information content (AvgIpc) is 2.40. The number of hydrogen-bond donors (Lipinski definition) is 1. The normalized spacial score (nSPS) is 31.5. The summed E-state index contributed by atoms with van der Waals surface area (Å²) in [5, 5.41) is 3.53. The first-order chi connectivity index (χ1) is 6.66. The highest BCUT2D eigenvalue weighted by atomic mass is 14.9. The zero-order chi connectivity index (χ0) is 10.6. The van der Waals surface area contributed by atoms with E-state index in [-0.39, 0.29) is 0 Å². The lowest BCUT2D eigenvalue weighted by molar-refractivity contribution is 0.207. The molecule has 3 atom stereocenters. The maximum absolute atomic E-state index is 3.53. The molecule has 0 heterocycles. The van der Waals surface area contributed by atoms with E-state index in [1.807, 2.05) is 0 Å². The summed E-state index contributed by atoms with van der Waals surface area (Å²) in [7, 11) is 2.13. The van der Waals surface area contributed by atoms with Crippen LogP contribution in [-0.4, -0.2) is 13.1 Å². The van der Waals surface area contributed by atoms with Gasteiger partial charge in [0.1, 0.15) is 0 Å². The van der Waals surface area contributed by atoms with Crippen LogP contribution in [0.25, 0.3) is 0 Å². The van der Waals surface area contributed by atoms with Crippen molar-refractivity contribution >= 4 is 0 Å². The molecule has 0 aromatic heterocycles. The smallest absolute Gasteiger partial charge is 0.00949 e. The van der Waals surface area contributed by atoms with Crippen molar-refractivity contribution in [2.24, 2.45) is 17.8 Å². The van der Waals surface area contributed by atoms with Crippen molar-refractivity contribution in [2.75, 3.05) is 7.05 Å². The Morgan fingerprint density at radius 1 is 1.00 bits per heavy atom. The lowest BCUT2D eigenvalue weighted by Crippen LogP contribution is -2.37.